The van der Waals surface area contributed by atoms with Gasteiger partial charge in [0.25, 0.3) is 0 Å². The van der Waals surface area contributed by atoms with Crippen molar-refractivity contribution in [2.45, 2.75) is 110 Å². The lowest BCUT2D eigenvalue weighted by molar-refractivity contribution is 0.410. The number of nitrogens with zero attached hydrogens (tertiary/aromatic N) is 3. The molecule has 0 bridgehead atoms. The summed E-state index contributed by atoms with van der Waals surface area (Å²) >= 11 is 5.97. The number of halogens is 2. The van der Waals surface area contributed by atoms with E-state index in [-0.39, 0.29) is 39.4 Å². The number of aliphatic imine (C=N–C) groups is 1. The summed E-state index contributed by atoms with van der Waals surface area (Å²) in [5, 5.41) is 11.1. The molecular weight excluding hydrogens is 677 g/mol. The molecular formula is C40H59ClFN9O. The van der Waals surface area contributed by atoms with E-state index >= 15 is 0 Å². The van der Waals surface area contributed by atoms with Gasteiger partial charge < -0.3 is 32.4 Å². The highest BCUT2D eigenvalue weighted by molar-refractivity contribution is 6.30. The zero-order valence-corrected chi connectivity index (χ0v) is 32.9. The van der Waals surface area contributed by atoms with E-state index in [2.05, 4.69) is 64.7 Å². The van der Waals surface area contributed by atoms with Gasteiger partial charge >= 0.3 is 5.69 Å². The van der Waals surface area contributed by atoms with E-state index in [1.165, 1.54) is 0 Å². The normalized spacial score (nSPS) is 15.2. The lowest BCUT2D eigenvalue weighted by Gasteiger charge is -2.28. The van der Waals surface area contributed by atoms with Crippen molar-refractivity contribution in [1.82, 2.24) is 30.5 Å². The molecule has 1 aliphatic rings. The van der Waals surface area contributed by atoms with Gasteiger partial charge in [0.05, 0.1) is 16.8 Å². The van der Waals surface area contributed by atoms with E-state index < -0.39 is 0 Å². The maximum atomic E-state index is 14.0. The van der Waals surface area contributed by atoms with Crippen molar-refractivity contribution >= 4 is 28.6 Å². The Balaban J connectivity index is 0.000000284. The van der Waals surface area contributed by atoms with Crippen LogP contribution in [-0.4, -0.2) is 58.8 Å². The zero-order valence-electron chi connectivity index (χ0n) is 32.2. The number of nitrogens with two attached hydrogens (primary N) is 2. The lowest BCUT2D eigenvalue weighted by Crippen LogP contribution is -2.58. The summed E-state index contributed by atoms with van der Waals surface area (Å²) in [6.45, 7) is 19.9. The molecule has 8 N–H and O–H groups in total. The largest absolute Gasteiger partial charge is 0.370 e. The van der Waals surface area contributed by atoms with Crippen LogP contribution in [0.15, 0.2) is 58.4 Å². The van der Waals surface area contributed by atoms with Gasteiger partial charge in [0.2, 0.25) is 0 Å². The molecule has 0 spiro atoms. The third kappa shape index (κ3) is 11.6. The molecule has 10 nitrogen and oxygen atoms in total. The third-order valence-corrected chi connectivity index (χ3v) is 9.48. The molecule has 0 saturated carbocycles. The second kappa shape index (κ2) is 17.8. The van der Waals surface area contributed by atoms with Crippen LogP contribution in [0.25, 0.3) is 16.7 Å². The Morgan fingerprint density at radius 3 is 2.37 bits per heavy atom. The SMILES string of the molecule is C[C@H](N)CCCc1cc(Cl)c(F)c(C(C)(C)C)c1.C[C@H](NCCCN=C(N)NC1CNC1)c1ccc(-n2cc3cc(C(C)(C)C)[nH]c3nc2=O)cc1. The number of fused-ring (bicyclic) bond motifs is 1. The zero-order chi connectivity index (χ0) is 38.2. The minimum atomic E-state index is -0.295. The molecule has 0 aliphatic carbocycles. The average molecular weight is 736 g/mol. The first-order chi connectivity index (χ1) is 24.4. The quantitative estimate of drug-likeness (QED) is 0.0562. The van der Waals surface area contributed by atoms with E-state index in [0.717, 1.165) is 73.2 Å². The third-order valence-electron chi connectivity index (χ3n) is 9.21. The van der Waals surface area contributed by atoms with Crippen molar-refractivity contribution in [1.29, 1.82) is 0 Å². The minimum Gasteiger partial charge on any atom is -0.370 e. The number of hydrogen-bond acceptors (Lipinski definition) is 6. The molecule has 0 amide bonds. The number of aryl methyl sites for hydroxylation is 1. The molecule has 2 aromatic carbocycles. The van der Waals surface area contributed by atoms with E-state index in [1.54, 1.807) is 10.6 Å². The molecule has 1 aliphatic heterocycles. The summed E-state index contributed by atoms with van der Waals surface area (Å²) in [5.74, 6) is 0.229. The first kappa shape index (κ1) is 41.0. The first-order valence-electron chi connectivity index (χ1n) is 18.4. The van der Waals surface area contributed by atoms with Crippen LogP contribution in [0, 0.1) is 5.82 Å². The summed E-state index contributed by atoms with van der Waals surface area (Å²) < 4.78 is 15.6. The fraction of sp³-hybridized carbons (Fsp3) is 0.525. The lowest BCUT2D eigenvalue weighted by atomic mass is 9.85. The number of hydrogen-bond donors (Lipinski definition) is 6. The number of nitrogens with one attached hydrogen (secondary N) is 4. The van der Waals surface area contributed by atoms with Gasteiger partial charge in [0.1, 0.15) is 11.5 Å². The summed E-state index contributed by atoms with van der Waals surface area (Å²) in [6.07, 6.45) is 5.63. The van der Waals surface area contributed by atoms with Crippen LogP contribution < -0.4 is 33.1 Å². The predicted molar refractivity (Wildman–Crippen MR) is 214 cm³/mol. The van der Waals surface area contributed by atoms with Gasteiger partial charge in [-0.15, -0.1) is 0 Å². The van der Waals surface area contributed by atoms with Crippen molar-refractivity contribution in [3.63, 3.8) is 0 Å². The van der Waals surface area contributed by atoms with Crippen molar-refractivity contribution in [2.75, 3.05) is 26.2 Å². The highest BCUT2D eigenvalue weighted by Crippen LogP contribution is 2.31. The Hall–Kier alpha value is -3.77. The maximum Gasteiger partial charge on any atom is 0.354 e. The van der Waals surface area contributed by atoms with Crippen LogP contribution >= 0.6 is 11.6 Å². The minimum absolute atomic E-state index is 0.0387. The Labute approximate surface area is 313 Å². The topological polar surface area (TPSA) is 151 Å². The summed E-state index contributed by atoms with van der Waals surface area (Å²) in [4.78, 5) is 24.5. The predicted octanol–water partition coefficient (Wildman–Crippen LogP) is 6.37. The molecule has 5 rings (SSSR count). The molecule has 0 unspecified atom stereocenters. The molecule has 0 radical (unpaired) electrons. The fourth-order valence-electron chi connectivity index (χ4n) is 5.83. The van der Waals surface area contributed by atoms with E-state index in [9.17, 15) is 9.18 Å². The average Bonchev–Trinajstić information content (AvgIpc) is 3.47. The Morgan fingerprint density at radius 2 is 1.77 bits per heavy atom. The van der Waals surface area contributed by atoms with Crippen LogP contribution in [0.5, 0.6) is 0 Å². The van der Waals surface area contributed by atoms with Crippen LogP contribution in [0.1, 0.15) is 103 Å². The molecule has 1 fully saturated rings. The Morgan fingerprint density at radius 1 is 1.08 bits per heavy atom. The number of guanidine groups is 1. The van der Waals surface area contributed by atoms with Gasteiger partial charge in [-0.2, -0.15) is 4.98 Å². The number of aromatic amines is 1. The fourth-order valence-corrected chi connectivity index (χ4v) is 6.07. The molecule has 12 heteroatoms. The summed E-state index contributed by atoms with van der Waals surface area (Å²) in [6, 6.07) is 14.6. The van der Waals surface area contributed by atoms with E-state index in [4.69, 9.17) is 23.1 Å². The molecule has 2 atom stereocenters. The summed E-state index contributed by atoms with van der Waals surface area (Å²) in [5.41, 5.74) is 16.5. The van der Waals surface area contributed by atoms with Gasteiger partial charge in [0.15, 0.2) is 5.96 Å². The van der Waals surface area contributed by atoms with Gasteiger partial charge in [-0.25, -0.2) is 9.18 Å². The molecule has 52 heavy (non-hydrogen) atoms. The molecule has 2 aromatic heterocycles. The second-order valence-electron chi connectivity index (χ2n) is 16.1. The summed E-state index contributed by atoms with van der Waals surface area (Å²) in [7, 11) is 0. The number of benzene rings is 2. The van der Waals surface area contributed by atoms with Gasteiger partial charge in [-0.05, 0) is 92.4 Å². The number of aromatic nitrogens is 3. The Kier molecular flexibility index (Phi) is 14.1. The van der Waals surface area contributed by atoms with Gasteiger partial charge in [-0.3, -0.25) is 9.56 Å². The first-order valence-corrected chi connectivity index (χ1v) is 18.8. The molecule has 4 aromatic rings. The van der Waals surface area contributed by atoms with Gasteiger partial charge in [-0.1, -0.05) is 71.3 Å². The van der Waals surface area contributed by atoms with E-state index in [1.807, 2.05) is 64.2 Å². The van der Waals surface area contributed by atoms with Crippen molar-refractivity contribution in [2.24, 2.45) is 16.5 Å². The van der Waals surface area contributed by atoms with Crippen LogP contribution in [0.3, 0.4) is 0 Å². The van der Waals surface area contributed by atoms with Crippen molar-refractivity contribution in [3.8, 4) is 5.69 Å². The van der Waals surface area contributed by atoms with Crippen molar-refractivity contribution in [3.05, 3.63) is 92.4 Å². The van der Waals surface area contributed by atoms with Crippen LogP contribution in [-0.2, 0) is 17.3 Å². The standard InChI is InChI=1S/C25H36N8O.C15H23ClFN/c1-16(28-10-5-11-29-23(26)30-19-13-27-14-19)17-6-8-20(9-7-17)33-15-18-12-21(25(2,3)4)31-22(18)32-24(33)34;1-10(18)6-5-7-11-8-12(15(2,3)4)14(17)13(16)9-11/h6-9,12,15-16,19,27-28H,5,10-11,13-14H2,1-4H3,(H3,26,29,30)(H,31,32,34);8-10H,5-7,18H2,1-4H3/t16-;10-/m00/s1. The Bertz CT molecular complexity index is 1850. The molecule has 3 heterocycles. The van der Waals surface area contributed by atoms with E-state index in [0.29, 0.717) is 29.8 Å². The van der Waals surface area contributed by atoms with Crippen LogP contribution in [0.2, 0.25) is 5.02 Å². The highest BCUT2D eigenvalue weighted by Gasteiger charge is 2.22. The van der Waals surface area contributed by atoms with Gasteiger partial charge in [0, 0.05) is 54.4 Å². The highest BCUT2D eigenvalue weighted by atomic mass is 35.5. The van der Waals surface area contributed by atoms with Crippen molar-refractivity contribution < 1.29 is 4.39 Å². The smallest absolute Gasteiger partial charge is 0.354 e. The molecule has 1 saturated heterocycles. The number of H-pyrrole nitrogens is 1. The monoisotopic (exact) mass is 735 g/mol. The van der Waals surface area contributed by atoms with Crippen LogP contribution in [0.4, 0.5) is 4.39 Å². The molecule has 284 valence electrons. The maximum absolute atomic E-state index is 14.0. The second-order valence-corrected chi connectivity index (χ2v) is 16.5. The number of rotatable bonds is 12.